The van der Waals surface area contributed by atoms with Crippen LogP contribution in [0, 0.1) is 28.1 Å². The number of methoxy groups -OCH3 is 1. The van der Waals surface area contributed by atoms with Gasteiger partial charge >= 0.3 is 5.97 Å². The third-order valence-electron chi connectivity index (χ3n) is 3.40. The molecule has 0 saturated carbocycles. The molecule has 4 heteroatoms. The van der Waals surface area contributed by atoms with Crippen LogP contribution in [0.2, 0.25) is 0 Å². The van der Waals surface area contributed by atoms with Crippen LogP contribution in [0.15, 0.2) is 42.0 Å². The third-order valence-corrected chi connectivity index (χ3v) is 3.40. The normalized spacial score (nSPS) is 19.9. The van der Waals surface area contributed by atoms with Gasteiger partial charge in [-0.25, -0.2) is 4.79 Å². The number of nitrogens with zero attached hydrogens (tertiary/aromatic N) is 2. The molecule has 0 aliphatic heterocycles. The van der Waals surface area contributed by atoms with Gasteiger partial charge in [-0.1, -0.05) is 36.4 Å². The molecule has 0 aromatic heterocycles. The molecule has 1 aromatic carbocycles. The molecule has 0 unspecified atom stereocenters. The number of hydrogen-bond acceptors (Lipinski definition) is 4. The van der Waals surface area contributed by atoms with E-state index in [4.69, 9.17) is 4.74 Å². The average molecular weight is 252 g/mol. The van der Waals surface area contributed by atoms with Crippen LogP contribution in [0.5, 0.6) is 0 Å². The van der Waals surface area contributed by atoms with E-state index in [0.717, 1.165) is 5.56 Å². The topological polar surface area (TPSA) is 73.9 Å². The van der Waals surface area contributed by atoms with E-state index < -0.39 is 17.3 Å². The molecule has 0 spiro atoms. The number of benzene rings is 1. The predicted molar refractivity (Wildman–Crippen MR) is 67.6 cm³/mol. The summed E-state index contributed by atoms with van der Waals surface area (Å²) in [6.07, 6.45) is 1.87. The van der Waals surface area contributed by atoms with Gasteiger partial charge in [0.1, 0.15) is 0 Å². The molecular weight excluding hydrogens is 240 g/mol. The first-order valence-electron chi connectivity index (χ1n) is 5.84. The fourth-order valence-electron chi connectivity index (χ4n) is 2.45. The Labute approximate surface area is 111 Å². The monoisotopic (exact) mass is 252 g/mol. The van der Waals surface area contributed by atoms with E-state index in [9.17, 15) is 15.3 Å². The van der Waals surface area contributed by atoms with E-state index in [1.165, 1.54) is 7.11 Å². The van der Waals surface area contributed by atoms with Gasteiger partial charge in [-0.2, -0.15) is 10.5 Å². The molecular formula is C15H12N2O2. The fraction of sp³-hybridized carbons (Fsp3) is 0.267. The van der Waals surface area contributed by atoms with Gasteiger partial charge in [0.25, 0.3) is 0 Å². The molecule has 0 bridgehead atoms. The SMILES string of the molecule is COC(=O)C1=CCC(C#N)(C#N)[C@H]1c1ccccc1. The number of hydrogen-bond donors (Lipinski definition) is 0. The highest BCUT2D eigenvalue weighted by Crippen LogP contribution is 2.49. The molecule has 0 amide bonds. The van der Waals surface area contributed by atoms with E-state index >= 15 is 0 Å². The molecule has 0 heterocycles. The minimum Gasteiger partial charge on any atom is -0.466 e. The van der Waals surface area contributed by atoms with Crippen molar-refractivity contribution in [2.45, 2.75) is 12.3 Å². The first kappa shape index (κ1) is 12.9. The second kappa shape index (κ2) is 4.96. The molecule has 1 atom stereocenters. The smallest absolute Gasteiger partial charge is 0.334 e. The summed E-state index contributed by atoms with van der Waals surface area (Å²) in [5.74, 6) is -1.04. The summed E-state index contributed by atoms with van der Waals surface area (Å²) in [6.45, 7) is 0. The lowest BCUT2D eigenvalue weighted by Gasteiger charge is -2.23. The highest BCUT2D eigenvalue weighted by molar-refractivity contribution is 5.91. The van der Waals surface area contributed by atoms with Crippen molar-refractivity contribution in [3.05, 3.63) is 47.5 Å². The van der Waals surface area contributed by atoms with Crippen molar-refractivity contribution < 1.29 is 9.53 Å². The Morgan fingerprint density at radius 3 is 2.47 bits per heavy atom. The Kier molecular flexibility index (Phi) is 3.35. The average Bonchev–Trinajstić information content (AvgIpc) is 2.87. The summed E-state index contributed by atoms with van der Waals surface area (Å²) >= 11 is 0. The Hall–Kier alpha value is -2.59. The van der Waals surface area contributed by atoms with Gasteiger partial charge in [0.05, 0.1) is 19.2 Å². The maximum atomic E-state index is 11.8. The first-order valence-corrected chi connectivity index (χ1v) is 5.84. The summed E-state index contributed by atoms with van der Waals surface area (Å²) < 4.78 is 4.74. The van der Waals surface area contributed by atoms with Crippen LogP contribution in [0.3, 0.4) is 0 Å². The van der Waals surface area contributed by atoms with E-state index in [2.05, 4.69) is 12.1 Å². The lowest BCUT2D eigenvalue weighted by molar-refractivity contribution is -0.136. The number of nitriles is 2. The van der Waals surface area contributed by atoms with Crippen LogP contribution in [0.25, 0.3) is 0 Å². The maximum Gasteiger partial charge on any atom is 0.334 e. The third kappa shape index (κ3) is 1.98. The van der Waals surface area contributed by atoms with E-state index in [-0.39, 0.29) is 6.42 Å². The van der Waals surface area contributed by atoms with Gasteiger partial charge in [-0.05, 0) is 12.0 Å². The van der Waals surface area contributed by atoms with Gasteiger partial charge in [0.2, 0.25) is 0 Å². The highest BCUT2D eigenvalue weighted by Gasteiger charge is 2.48. The van der Waals surface area contributed by atoms with Gasteiger partial charge in [-0.15, -0.1) is 0 Å². The van der Waals surface area contributed by atoms with Crippen LogP contribution < -0.4 is 0 Å². The fourth-order valence-corrected chi connectivity index (χ4v) is 2.45. The number of ether oxygens (including phenoxy) is 1. The number of rotatable bonds is 2. The number of carbonyl (C=O) groups excluding carboxylic acids is 1. The molecule has 2 rings (SSSR count). The van der Waals surface area contributed by atoms with E-state index in [0.29, 0.717) is 5.57 Å². The second-order valence-electron chi connectivity index (χ2n) is 4.39. The van der Waals surface area contributed by atoms with Crippen molar-refractivity contribution in [2.75, 3.05) is 7.11 Å². The Morgan fingerprint density at radius 2 is 1.95 bits per heavy atom. The molecule has 1 aliphatic rings. The summed E-state index contributed by atoms with van der Waals surface area (Å²) in [5, 5.41) is 18.7. The zero-order valence-electron chi connectivity index (χ0n) is 10.5. The summed E-state index contributed by atoms with van der Waals surface area (Å²) in [7, 11) is 1.30. The lowest BCUT2D eigenvalue weighted by atomic mass is 9.73. The van der Waals surface area contributed by atoms with Crippen LogP contribution >= 0.6 is 0 Å². The molecule has 0 fully saturated rings. The largest absolute Gasteiger partial charge is 0.466 e. The van der Waals surface area contributed by atoms with E-state index in [1.54, 1.807) is 6.08 Å². The molecule has 94 valence electrons. The second-order valence-corrected chi connectivity index (χ2v) is 4.39. The molecule has 0 N–H and O–H groups in total. The zero-order chi connectivity index (χ0) is 13.9. The zero-order valence-corrected chi connectivity index (χ0v) is 10.5. The van der Waals surface area contributed by atoms with Gasteiger partial charge < -0.3 is 4.74 Å². The minimum atomic E-state index is -1.23. The van der Waals surface area contributed by atoms with Gasteiger partial charge in [0, 0.05) is 11.5 Å². The van der Waals surface area contributed by atoms with Crippen LogP contribution in [0.1, 0.15) is 17.9 Å². The van der Waals surface area contributed by atoms with Gasteiger partial charge in [0.15, 0.2) is 5.41 Å². The summed E-state index contributed by atoms with van der Waals surface area (Å²) in [4.78, 5) is 11.8. The molecule has 19 heavy (non-hydrogen) atoms. The van der Waals surface area contributed by atoms with Crippen molar-refractivity contribution in [2.24, 2.45) is 5.41 Å². The Bertz CT molecular complexity index is 591. The van der Waals surface area contributed by atoms with Crippen LogP contribution in [-0.4, -0.2) is 13.1 Å². The first-order chi connectivity index (χ1) is 9.18. The summed E-state index contributed by atoms with van der Waals surface area (Å²) in [5.41, 5.74) is -0.0678. The van der Waals surface area contributed by atoms with Crippen molar-refractivity contribution in [1.29, 1.82) is 10.5 Å². The standard InChI is InChI=1S/C15H12N2O2/c1-19-14(18)12-7-8-15(9-16,10-17)13(12)11-5-3-2-4-6-11/h2-7,13H,8H2,1H3/t13-/m0/s1. The number of esters is 1. The molecule has 1 aliphatic carbocycles. The molecule has 4 nitrogen and oxygen atoms in total. The summed E-state index contributed by atoms with van der Waals surface area (Å²) in [6, 6.07) is 13.2. The molecule has 0 radical (unpaired) electrons. The number of carbonyl (C=O) groups is 1. The predicted octanol–water partition coefficient (Wildman–Crippen LogP) is 2.31. The van der Waals surface area contributed by atoms with Crippen molar-refractivity contribution in [3.63, 3.8) is 0 Å². The quantitative estimate of drug-likeness (QED) is 0.757. The highest BCUT2D eigenvalue weighted by atomic mass is 16.5. The van der Waals surface area contributed by atoms with Crippen LogP contribution in [0.4, 0.5) is 0 Å². The van der Waals surface area contributed by atoms with Gasteiger partial charge in [-0.3, -0.25) is 0 Å². The Morgan fingerprint density at radius 1 is 1.32 bits per heavy atom. The van der Waals surface area contributed by atoms with Crippen molar-refractivity contribution in [1.82, 2.24) is 0 Å². The Balaban J connectivity index is 2.54. The lowest BCUT2D eigenvalue weighted by Crippen LogP contribution is -2.25. The molecule has 0 saturated heterocycles. The van der Waals surface area contributed by atoms with Crippen molar-refractivity contribution >= 4 is 5.97 Å². The number of allylic oxidation sites excluding steroid dienone is 1. The molecule has 1 aromatic rings. The van der Waals surface area contributed by atoms with Crippen LogP contribution in [-0.2, 0) is 9.53 Å². The minimum absolute atomic E-state index is 0.240. The maximum absolute atomic E-state index is 11.8. The van der Waals surface area contributed by atoms with Crippen molar-refractivity contribution in [3.8, 4) is 12.1 Å². The van der Waals surface area contributed by atoms with E-state index in [1.807, 2.05) is 30.3 Å².